The quantitative estimate of drug-likeness (QED) is 0.548. The molecule has 10 heteroatoms. The Bertz CT molecular complexity index is 265. The molecule has 0 bridgehead atoms. The van der Waals surface area contributed by atoms with Crippen LogP contribution in [0.5, 0.6) is 0 Å². The molecule has 0 aliphatic rings. The molecule has 0 aromatic heterocycles. The fourth-order valence-electron chi connectivity index (χ4n) is 1.16. The van der Waals surface area contributed by atoms with Crippen molar-refractivity contribution in [3.63, 3.8) is 0 Å². The molecule has 0 aliphatic carbocycles. The Labute approximate surface area is 105 Å². The third-order valence-corrected chi connectivity index (χ3v) is 1.94. The molecule has 0 saturated carbocycles. The predicted molar refractivity (Wildman–Crippen MR) is 53.1 cm³/mol. The van der Waals surface area contributed by atoms with Crippen LogP contribution in [0.3, 0.4) is 0 Å². The summed E-state index contributed by atoms with van der Waals surface area (Å²) in [7, 11) is 0. The third-order valence-electron chi connectivity index (χ3n) is 1.94. The second-order valence-corrected chi connectivity index (χ2v) is 3.56. The number of halogens is 6. The fraction of sp³-hybridized carbons (Fsp3) is 0.889. The summed E-state index contributed by atoms with van der Waals surface area (Å²) in [5.74, 6) is -6.12. The lowest BCUT2D eigenvalue weighted by molar-refractivity contribution is -0.274. The molecule has 0 atom stereocenters. The van der Waals surface area contributed by atoms with E-state index >= 15 is 0 Å². The highest BCUT2D eigenvalue weighted by molar-refractivity contribution is 5.80. The standard InChI is InChI=1S/C9H14F6N2O2/c10-8(11,12)6(9(13,14)15)7(18)17-3-1-4-19-5-2-16/h6H,1-5,16H2,(H,17,18). The lowest BCUT2D eigenvalue weighted by atomic mass is 10.1. The Kier molecular flexibility index (Phi) is 7.12. The van der Waals surface area contributed by atoms with Gasteiger partial charge in [0.25, 0.3) is 0 Å². The van der Waals surface area contributed by atoms with Gasteiger partial charge in [-0.25, -0.2) is 0 Å². The first-order valence-corrected chi connectivity index (χ1v) is 5.29. The van der Waals surface area contributed by atoms with E-state index in [0.29, 0.717) is 0 Å². The summed E-state index contributed by atoms with van der Waals surface area (Å²) in [6.07, 6.45) is -11.2. The number of nitrogens with one attached hydrogen (secondary N) is 1. The maximum Gasteiger partial charge on any atom is 0.409 e. The molecule has 4 nitrogen and oxygen atoms in total. The van der Waals surface area contributed by atoms with Crippen molar-refractivity contribution >= 4 is 5.91 Å². The maximum absolute atomic E-state index is 12.1. The summed E-state index contributed by atoms with van der Waals surface area (Å²) < 4.78 is 77.6. The van der Waals surface area contributed by atoms with Gasteiger partial charge in [0.15, 0.2) is 0 Å². The Morgan fingerprint density at radius 3 is 2.05 bits per heavy atom. The van der Waals surface area contributed by atoms with Crippen LogP contribution in [-0.2, 0) is 9.53 Å². The van der Waals surface area contributed by atoms with Crippen LogP contribution in [0, 0.1) is 5.92 Å². The van der Waals surface area contributed by atoms with Crippen LogP contribution in [0.25, 0.3) is 0 Å². The summed E-state index contributed by atoms with van der Waals surface area (Å²) in [5, 5.41) is 1.58. The maximum atomic E-state index is 12.1. The van der Waals surface area contributed by atoms with Gasteiger partial charge in [-0.3, -0.25) is 4.79 Å². The van der Waals surface area contributed by atoms with Crippen molar-refractivity contribution in [3.05, 3.63) is 0 Å². The first-order chi connectivity index (χ1) is 8.60. The molecule has 114 valence electrons. The number of hydrogen-bond donors (Lipinski definition) is 2. The van der Waals surface area contributed by atoms with Crippen LogP contribution in [0.4, 0.5) is 26.3 Å². The van der Waals surface area contributed by atoms with E-state index in [1.165, 1.54) is 0 Å². The summed E-state index contributed by atoms with van der Waals surface area (Å²) >= 11 is 0. The van der Waals surface area contributed by atoms with Crippen LogP contribution < -0.4 is 11.1 Å². The van der Waals surface area contributed by atoms with E-state index in [2.05, 4.69) is 0 Å². The number of amides is 1. The van der Waals surface area contributed by atoms with Crippen LogP contribution in [0.1, 0.15) is 6.42 Å². The van der Waals surface area contributed by atoms with Gasteiger partial charge in [-0.2, -0.15) is 26.3 Å². The molecule has 0 aromatic rings. The van der Waals surface area contributed by atoms with Gasteiger partial charge in [-0.15, -0.1) is 0 Å². The second kappa shape index (κ2) is 7.53. The van der Waals surface area contributed by atoms with E-state index in [1.807, 2.05) is 0 Å². The Morgan fingerprint density at radius 2 is 1.63 bits per heavy atom. The molecule has 0 aromatic carbocycles. The van der Waals surface area contributed by atoms with Crippen LogP contribution in [-0.4, -0.2) is 44.6 Å². The van der Waals surface area contributed by atoms with E-state index in [1.54, 1.807) is 5.32 Å². The summed E-state index contributed by atoms with van der Waals surface area (Å²) in [5.41, 5.74) is 5.08. The summed E-state index contributed by atoms with van der Waals surface area (Å²) in [4.78, 5) is 10.9. The van der Waals surface area contributed by atoms with Crippen molar-refractivity contribution in [2.24, 2.45) is 11.7 Å². The van der Waals surface area contributed by atoms with Crippen molar-refractivity contribution < 1.29 is 35.9 Å². The third kappa shape index (κ3) is 7.21. The summed E-state index contributed by atoms with van der Waals surface area (Å²) in [6.45, 7) is 0.213. The van der Waals surface area contributed by atoms with E-state index in [0.717, 1.165) is 0 Å². The number of nitrogens with two attached hydrogens (primary N) is 1. The highest BCUT2D eigenvalue weighted by atomic mass is 19.4. The van der Waals surface area contributed by atoms with Gasteiger partial charge in [-0.1, -0.05) is 0 Å². The molecule has 0 unspecified atom stereocenters. The zero-order chi connectivity index (χ0) is 15.1. The highest BCUT2D eigenvalue weighted by Gasteiger charge is 2.60. The van der Waals surface area contributed by atoms with E-state index < -0.39 is 24.2 Å². The van der Waals surface area contributed by atoms with Crippen LogP contribution in [0.15, 0.2) is 0 Å². The molecule has 0 saturated heterocycles. The lowest BCUT2D eigenvalue weighted by Gasteiger charge is -2.21. The minimum Gasteiger partial charge on any atom is -0.380 e. The van der Waals surface area contributed by atoms with Gasteiger partial charge in [0, 0.05) is 19.7 Å². The van der Waals surface area contributed by atoms with E-state index in [-0.39, 0.29) is 32.7 Å². The number of carbonyl (C=O) groups excluding carboxylic acids is 1. The molecule has 0 spiro atoms. The zero-order valence-corrected chi connectivity index (χ0v) is 9.77. The second-order valence-electron chi connectivity index (χ2n) is 3.56. The van der Waals surface area contributed by atoms with Gasteiger partial charge < -0.3 is 15.8 Å². The SMILES string of the molecule is NCCOCCCNC(=O)C(C(F)(F)F)C(F)(F)F. The first kappa shape index (κ1) is 18.0. The zero-order valence-electron chi connectivity index (χ0n) is 9.77. The van der Waals surface area contributed by atoms with Crippen molar-refractivity contribution in [1.82, 2.24) is 5.32 Å². The normalized spacial score (nSPS) is 12.8. The number of ether oxygens (including phenoxy) is 1. The van der Waals surface area contributed by atoms with Gasteiger partial charge in [0.1, 0.15) is 0 Å². The monoisotopic (exact) mass is 296 g/mol. The minimum atomic E-state index is -5.67. The van der Waals surface area contributed by atoms with Gasteiger partial charge in [-0.05, 0) is 6.42 Å². The van der Waals surface area contributed by atoms with Crippen molar-refractivity contribution in [1.29, 1.82) is 0 Å². The van der Waals surface area contributed by atoms with Gasteiger partial charge in [0.2, 0.25) is 11.8 Å². The number of hydrogen-bond acceptors (Lipinski definition) is 3. The average molecular weight is 296 g/mol. The molecule has 0 heterocycles. The molecule has 19 heavy (non-hydrogen) atoms. The molecule has 0 aliphatic heterocycles. The van der Waals surface area contributed by atoms with Crippen molar-refractivity contribution in [2.75, 3.05) is 26.3 Å². The highest BCUT2D eigenvalue weighted by Crippen LogP contribution is 2.39. The minimum absolute atomic E-state index is 0.0835. The Balaban J connectivity index is 4.22. The van der Waals surface area contributed by atoms with E-state index in [9.17, 15) is 31.1 Å². The summed E-state index contributed by atoms with van der Waals surface area (Å²) in [6, 6.07) is 0. The predicted octanol–water partition coefficient (Wildman–Crippen LogP) is 1.21. The van der Waals surface area contributed by atoms with Crippen molar-refractivity contribution in [3.8, 4) is 0 Å². The molecular weight excluding hydrogens is 282 g/mol. The lowest BCUT2D eigenvalue weighted by Crippen LogP contribution is -2.48. The Hall–Kier alpha value is -1.03. The molecule has 3 N–H and O–H groups in total. The Morgan fingerprint density at radius 1 is 1.11 bits per heavy atom. The van der Waals surface area contributed by atoms with Crippen LogP contribution in [0.2, 0.25) is 0 Å². The molecule has 0 radical (unpaired) electrons. The van der Waals surface area contributed by atoms with Gasteiger partial charge in [0.05, 0.1) is 6.61 Å². The first-order valence-electron chi connectivity index (χ1n) is 5.29. The molecule has 0 rings (SSSR count). The van der Waals surface area contributed by atoms with E-state index in [4.69, 9.17) is 10.5 Å². The largest absolute Gasteiger partial charge is 0.409 e. The average Bonchev–Trinajstić information content (AvgIpc) is 2.18. The number of carbonyl (C=O) groups is 1. The molecule has 1 amide bonds. The molecule has 0 fully saturated rings. The van der Waals surface area contributed by atoms with Crippen molar-refractivity contribution in [2.45, 2.75) is 18.8 Å². The number of alkyl halides is 6. The topological polar surface area (TPSA) is 64.3 Å². The van der Waals surface area contributed by atoms with Gasteiger partial charge >= 0.3 is 12.4 Å². The number of rotatable bonds is 7. The smallest absolute Gasteiger partial charge is 0.380 e. The fourth-order valence-corrected chi connectivity index (χ4v) is 1.16. The van der Waals surface area contributed by atoms with Crippen LogP contribution >= 0.6 is 0 Å². The molecular formula is C9H14F6N2O2.